The summed E-state index contributed by atoms with van der Waals surface area (Å²) in [5.41, 5.74) is 2.03. The number of hydrogen-bond donors (Lipinski definition) is 1. The number of amides is 1. The molecular weight excluding hydrogens is 378 g/mol. The number of likely N-dealkylation sites (tertiary alicyclic amines) is 1. The van der Waals surface area contributed by atoms with Crippen LogP contribution in [0.1, 0.15) is 42.1 Å². The van der Waals surface area contributed by atoms with Crippen LogP contribution in [0.2, 0.25) is 0 Å². The average Bonchev–Trinajstić information content (AvgIpc) is 2.76. The fourth-order valence-corrected chi connectivity index (χ4v) is 4.17. The summed E-state index contributed by atoms with van der Waals surface area (Å²) in [6.45, 7) is 7.14. The number of nitrogens with zero attached hydrogens (tertiary/aromatic N) is 2. The lowest BCUT2D eigenvalue weighted by Gasteiger charge is -2.33. The fourth-order valence-electron chi connectivity index (χ4n) is 3.85. The van der Waals surface area contributed by atoms with Gasteiger partial charge in [-0.1, -0.05) is 48.5 Å². The average molecular weight is 410 g/mol. The Kier molecular flexibility index (Phi) is 8.20. The molecule has 0 bridgehead atoms. The highest BCUT2D eigenvalue weighted by molar-refractivity contribution is 7.80. The van der Waals surface area contributed by atoms with Crippen molar-refractivity contribution in [3.05, 3.63) is 71.8 Å². The van der Waals surface area contributed by atoms with Gasteiger partial charge in [0.05, 0.1) is 0 Å². The number of benzene rings is 2. The summed E-state index contributed by atoms with van der Waals surface area (Å²) >= 11 is 5.50. The van der Waals surface area contributed by atoms with Crippen molar-refractivity contribution in [1.29, 1.82) is 0 Å². The molecule has 5 heteroatoms. The normalized spacial score (nSPS) is 15.1. The zero-order chi connectivity index (χ0) is 20.5. The first kappa shape index (κ1) is 21.5. The van der Waals surface area contributed by atoms with Crippen LogP contribution in [-0.4, -0.2) is 47.0 Å². The molecule has 1 amide bonds. The van der Waals surface area contributed by atoms with E-state index in [1.54, 1.807) is 12.1 Å². The molecule has 1 saturated heterocycles. The molecule has 0 atom stereocenters. The summed E-state index contributed by atoms with van der Waals surface area (Å²) in [4.78, 5) is 17.0. The van der Waals surface area contributed by atoms with Gasteiger partial charge >= 0.3 is 0 Å². The smallest absolute Gasteiger partial charge is 0.257 e. The maximum atomic E-state index is 12.3. The highest BCUT2D eigenvalue weighted by Gasteiger charge is 2.21. The molecule has 1 N–H and O–H groups in total. The molecule has 0 aromatic heterocycles. The number of carbonyl (C=O) groups is 1. The molecule has 1 heterocycles. The fraction of sp³-hybridized carbons (Fsp3) is 0.417. The zero-order valence-corrected chi connectivity index (χ0v) is 18.0. The summed E-state index contributed by atoms with van der Waals surface area (Å²) in [5, 5.41) is 3.41. The van der Waals surface area contributed by atoms with Crippen molar-refractivity contribution in [1.82, 2.24) is 15.1 Å². The minimum absolute atomic E-state index is 0.136. The van der Waals surface area contributed by atoms with Crippen LogP contribution in [0.3, 0.4) is 0 Å². The van der Waals surface area contributed by atoms with Gasteiger partial charge in [-0.3, -0.25) is 15.0 Å². The van der Waals surface area contributed by atoms with Crippen molar-refractivity contribution in [3.8, 4) is 0 Å². The van der Waals surface area contributed by atoms with E-state index in [1.165, 1.54) is 18.4 Å². The predicted molar refractivity (Wildman–Crippen MR) is 123 cm³/mol. The van der Waals surface area contributed by atoms with Gasteiger partial charge in [-0.05, 0) is 75.1 Å². The van der Waals surface area contributed by atoms with Crippen molar-refractivity contribution in [2.24, 2.45) is 5.92 Å². The van der Waals surface area contributed by atoms with Crippen LogP contribution < -0.4 is 5.32 Å². The first-order valence-corrected chi connectivity index (χ1v) is 11.0. The van der Waals surface area contributed by atoms with Crippen LogP contribution in [0, 0.1) is 5.92 Å². The van der Waals surface area contributed by atoms with E-state index >= 15 is 0 Å². The van der Waals surface area contributed by atoms with Gasteiger partial charge in [0.1, 0.15) is 0 Å². The Hall–Kier alpha value is -2.24. The van der Waals surface area contributed by atoms with Gasteiger partial charge in [-0.2, -0.15) is 0 Å². The van der Waals surface area contributed by atoms with Crippen molar-refractivity contribution < 1.29 is 4.79 Å². The number of rotatable bonds is 7. The highest BCUT2D eigenvalue weighted by atomic mass is 32.1. The van der Waals surface area contributed by atoms with E-state index < -0.39 is 0 Å². The Balaban J connectivity index is 1.40. The van der Waals surface area contributed by atoms with Crippen LogP contribution in [-0.2, 0) is 6.54 Å². The molecule has 0 saturated carbocycles. The Morgan fingerprint density at radius 1 is 1.07 bits per heavy atom. The van der Waals surface area contributed by atoms with Gasteiger partial charge in [0.2, 0.25) is 0 Å². The van der Waals surface area contributed by atoms with E-state index in [1.807, 2.05) is 18.2 Å². The molecule has 3 rings (SSSR count). The lowest BCUT2D eigenvalue weighted by atomic mass is 9.93. The Labute approximate surface area is 179 Å². The van der Waals surface area contributed by atoms with Crippen LogP contribution in [0.4, 0.5) is 0 Å². The Morgan fingerprint density at radius 3 is 2.31 bits per heavy atom. The molecule has 4 nitrogen and oxygen atoms in total. The largest absolute Gasteiger partial charge is 0.349 e. The van der Waals surface area contributed by atoms with E-state index in [4.69, 9.17) is 12.2 Å². The topological polar surface area (TPSA) is 35.6 Å². The third kappa shape index (κ3) is 6.65. The maximum Gasteiger partial charge on any atom is 0.257 e. The van der Waals surface area contributed by atoms with E-state index in [0.717, 1.165) is 45.1 Å². The second kappa shape index (κ2) is 11.1. The zero-order valence-electron chi connectivity index (χ0n) is 17.2. The standard InChI is InChI=1S/C24H31N3OS/c1-2-27(24(29)25-23(28)22-11-7-4-8-12-22)18-15-20-13-16-26(17-14-20)19-21-9-5-3-6-10-21/h3-12,20H,2,13-19H2,1H3,(H,25,28,29). The predicted octanol–water partition coefficient (Wildman–Crippen LogP) is 4.33. The van der Waals surface area contributed by atoms with Gasteiger partial charge in [0, 0.05) is 25.2 Å². The summed E-state index contributed by atoms with van der Waals surface area (Å²) in [6, 6.07) is 19.9. The minimum atomic E-state index is -0.136. The third-order valence-electron chi connectivity index (χ3n) is 5.69. The van der Waals surface area contributed by atoms with Crippen molar-refractivity contribution in [3.63, 3.8) is 0 Å². The summed E-state index contributed by atoms with van der Waals surface area (Å²) in [6.07, 6.45) is 3.58. The number of nitrogens with one attached hydrogen (secondary N) is 1. The number of piperidine rings is 1. The molecule has 1 aliphatic rings. The minimum Gasteiger partial charge on any atom is -0.349 e. The second-order valence-corrected chi connectivity index (χ2v) is 8.09. The van der Waals surface area contributed by atoms with Gasteiger partial charge in [-0.25, -0.2) is 0 Å². The molecule has 0 spiro atoms. The Bertz CT molecular complexity index is 773. The van der Waals surface area contributed by atoms with Gasteiger partial charge < -0.3 is 4.90 Å². The molecule has 154 valence electrons. The quantitative estimate of drug-likeness (QED) is 0.691. The molecular formula is C24H31N3OS. The van der Waals surface area contributed by atoms with Crippen LogP contribution in [0.15, 0.2) is 60.7 Å². The van der Waals surface area contributed by atoms with Crippen molar-refractivity contribution >= 4 is 23.2 Å². The first-order chi connectivity index (χ1) is 14.2. The number of thiocarbonyl (C=S) groups is 1. The van der Waals surface area contributed by atoms with Crippen LogP contribution in [0.5, 0.6) is 0 Å². The van der Waals surface area contributed by atoms with Crippen LogP contribution in [0.25, 0.3) is 0 Å². The molecule has 29 heavy (non-hydrogen) atoms. The molecule has 2 aromatic carbocycles. The summed E-state index contributed by atoms with van der Waals surface area (Å²) in [7, 11) is 0. The first-order valence-electron chi connectivity index (χ1n) is 10.6. The maximum absolute atomic E-state index is 12.3. The molecule has 1 aliphatic heterocycles. The van der Waals surface area contributed by atoms with Crippen molar-refractivity contribution in [2.75, 3.05) is 26.2 Å². The van der Waals surface area contributed by atoms with Crippen molar-refractivity contribution in [2.45, 2.75) is 32.7 Å². The molecule has 0 unspecified atom stereocenters. The lowest BCUT2D eigenvalue weighted by molar-refractivity contribution is 0.0973. The molecule has 0 radical (unpaired) electrons. The highest BCUT2D eigenvalue weighted by Crippen LogP contribution is 2.22. The summed E-state index contributed by atoms with van der Waals surface area (Å²) in [5.74, 6) is 0.590. The SMILES string of the molecule is CCN(CCC1CCN(Cc2ccccc2)CC1)C(=S)NC(=O)c1ccccc1. The number of hydrogen-bond acceptors (Lipinski definition) is 3. The van der Waals surface area contributed by atoms with E-state index in [-0.39, 0.29) is 5.91 Å². The van der Waals surface area contributed by atoms with Gasteiger partial charge in [-0.15, -0.1) is 0 Å². The van der Waals surface area contributed by atoms with E-state index in [9.17, 15) is 4.79 Å². The second-order valence-electron chi connectivity index (χ2n) is 7.70. The van der Waals surface area contributed by atoms with Crippen LogP contribution >= 0.6 is 12.2 Å². The summed E-state index contributed by atoms with van der Waals surface area (Å²) < 4.78 is 0. The van der Waals surface area contributed by atoms with Gasteiger partial charge in [0.25, 0.3) is 5.91 Å². The monoisotopic (exact) mass is 409 g/mol. The molecule has 1 fully saturated rings. The lowest BCUT2D eigenvalue weighted by Crippen LogP contribution is -2.43. The third-order valence-corrected chi connectivity index (χ3v) is 6.05. The molecule has 2 aromatic rings. The Morgan fingerprint density at radius 2 is 1.69 bits per heavy atom. The van der Waals surface area contributed by atoms with Gasteiger partial charge in [0.15, 0.2) is 5.11 Å². The van der Waals surface area contributed by atoms with E-state index in [2.05, 4.69) is 52.4 Å². The molecule has 0 aliphatic carbocycles. The number of carbonyl (C=O) groups excluding carboxylic acids is 1. The van der Waals surface area contributed by atoms with E-state index in [0.29, 0.717) is 10.7 Å².